The summed E-state index contributed by atoms with van der Waals surface area (Å²) >= 11 is 0. The fraction of sp³-hybridized carbons (Fsp3) is 0.407. The first kappa shape index (κ1) is 26.3. The molecule has 1 fully saturated rings. The number of aromatic nitrogens is 2. The minimum Gasteiger partial charge on any atom is -0.481 e. The number of nitrogens with zero attached hydrogens (tertiary/aromatic N) is 3. The first-order valence-corrected chi connectivity index (χ1v) is 14.0. The highest BCUT2D eigenvalue weighted by atomic mass is 32.2. The van der Waals surface area contributed by atoms with Crippen molar-refractivity contribution in [2.24, 2.45) is 0 Å². The molecule has 1 aromatic carbocycles. The molecule has 2 N–H and O–H groups in total. The smallest absolute Gasteiger partial charge is 0.417 e. The van der Waals surface area contributed by atoms with Crippen LogP contribution < -0.4 is 15.4 Å². The quantitative estimate of drug-likeness (QED) is 0.473. The van der Waals surface area contributed by atoms with Gasteiger partial charge in [0.05, 0.1) is 22.8 Å². The summed E-state index contributed by atoms with van der Waals surface area (Å²) in [4.78, 5) is 10.4. The molecule has 0 spiro atoms. The van der Waals surface area contributed by atoms with E-state index in [-0.39, 0.29) is 16.6 Å². The number of hydrogen-bond donors (Lipinski definition) is 1. The Balaban J connectivity index is 1.27. The van der Waals surface area contributed by atoms with Gasteiger partial charge in [0, 0.05) is 36.7 Å². The molecule has 3 heterocycles. The van der Waals surface area contributed by atoms with Crippen LogP contribution in [0.1, 0.15) is 53.9 Å². The minimum atomic E-state index is -4.51. The highest BCUT2D eigenvalue weighted by molar-refractivity contribution is 7.92. The molecule has 7 nitrogen and oxygen atoms in total. The van der Waals surface area contributed by atoms with Gasteiger partial charge in [0.25, 0.3) is 0 Å². The topological polar surface area (TPSA) is 98.4 Å². The van der Waals surface area contributed by atoms with E-state index in [1.165, 1.54) is 5.56 Å². The summed E-state index contributed by atoms with van der Waals surface area (Å²) in [5.74, 6) is 0.408. The van der Waals surface area contributed by atoms with Crippen LogP contribution in [-0.4, -0.2) is 37.3 Å². The van der Waals surface area contributed by atoms with Crippen LogP contribution in [0.4, 0.5) is 24.7 Å². The predicted molar refractivity (Wildman–Crippen MR) is 138 cm³/mol. The summed E-state index contributed by atoms with van der Waals surface area (Å²) in [6, 6.07) is 9.97. The molecule has 1 aliphatic carbocycles. The maximum Gasteiger partial charge on any atom is 0.417 e. The number of benzene rings is 1. The number of fused-ring (bicyclic) bond motifs is 1. The molecule has 1 saturated carbocycles. The van der Waals surface area contributed by atoms with Crippen LogP contribution in [0.15, 0.2) is 53.7 Å². The van der Waals surface area contributed by atoms with Gasteiger partial charge in [-0.1, -0.05) is 0 Å². The lowest BCUT2D eigenvalue weighted by atomic mass is 9.83. The minimum absolute atomic E-state index is 0.0635. The molecular formula is C27H29F3N4O3S. The van der Waals surface area contributed by atoms with Crippen molar-refractivity contribution in [2.45, 2.75) is 60.9 Å². The predicted octanol–water partition coefficient (Wildman–Crippen LogP) is 5.15. The average molecular weight is 547 g/mol. The zero-order chi connectivity index (χ0) is 27.1. The van der Waals surface area contributed by atoms with Gasteiger partial charge < -0.3 is 15.4 Å². The van der Waals surface area contributed by atoms with E-state index >= 15 is 0 Å². The maximum absolute atomic E-state index is 13.4. The zero-order valence-corrected chi connectivity index (χ0v) is 21.7. The number of nitrogen functional groups attached to an aromatic ring is 1. The van der Waals surface area contributed by atoms with Crippen molar-refractivity contribution < 1.29 is 26.3 Å². The van der Waals surface area contributed by atoms with Crippen LogP contribution in [0.3, 0.4) is 0 Å². The summed E-state index contributed by atoms with van der Waals surface area (Å²) in [5.41, 5.74) is 8.53. The monoisotopic (exact) mass is 546 g/mol. The number of ether oxygens (including phenoxy) is 1. The molecule has 0 radical (unpaired) electrons. The van der Waals surface area contributed by atoms with Crippen LogP contribution in [0.5, 0.6) is 5.88 Å². The Morgan fingerprint density at radius 1 is 1.05 bits per heavy atom. The SMILES string of the molecule is COc1nccc2c1CN(c1ccc(S(=O)(=O)C3CCC(c4cc(C(F)(F)F)cnc4N)CC3)cc1)CC2. The number of alkyl halides is 3. The molecule has 0 atom stereocenters. The largest absolute Gasteiger partial charge is 0.481 e. The second-order valence-corrected chi connectivity index (χ2v) is 12.1. The lowest BCUT2D eigenvalue weighted by molar-refractivity contribution is -0.137. The van der Waals surface area contributed by atoms with Crippen LogP contribution in [0, 0.1) is 0 Å². The molecule has 3 aromatic rings. The Bertz CT molecular complexity index is 1410. The van der Waals surface area contributed by atoms with Crippen molar-refractivity contribution in [2.75, 3.05) is 24.3 Å². The van der Waals surface area contributed by atoms with Crippen LogP contribution in [0.25, 0.3) is 0 Å². The number of sulfone groups is 1. The Labute approximate surface area is 219 Å². The van der Waals surface area contributed by atoms with E-state index in [9.17, 15) is 21.6 Å². The Morgan fingerprint density at radius 3 is 2.42 bits per heavy atom. The fourth-order valence-electron chi connectivity index (χ4n) is 5.53. The van der Waals surface area contributed by atoms with Gasteiger partial charge >= 0.3 is 6.18 Å². The van der Waals surface area contributed by atoms with Gasteiger partial charge in [-0.25, -0.2) is 18.4 Å². The van der Waals surface area contributed by atoms with Crippen molar-refractivity contribution in [1.82, 2.24) is 9.97 Å². The standard InChI is InChI=1S/C27H29F3N4O3S/c1-37-26-24-16-34(13-11-18(24)10-12-32-26)20-4-8-22(9-5-20)38(35,36)21-6-2-17(3-7-21)23-14-19(27(28,29)30)15-33-25(23)31/h4-5,8-10,12,14-15,17,21H,2-3,6-7,11,13,16H2,1H3,(H2,31,33). The molecule has 0 unspecified atom stereocenters. The number of rotatable bonds is 5. The average Bonchev–Trinajstić information content (AvgIpc) is 2.92. The third-order valence-corrected chi connectivity index (χ3v) is 9.95. The number of anilines is 2. The Kier molecular flexibility index (Phi) is 6.97. The fourth-order valence-corrected chi connectivity index (χ4v) is 7.33. The zero-order valence-electron chi connectivity index (χ0n) is 20.9. The summed E-state index contributed by atoms with van der Waals surface area (Å²) < 4.78 is 71.6. The normalized spacial score (nSPS) is 20.2. The number of pyridine rings is 2. The van der Waals surface area contributed by atoms with Gasteiger partial charge in [-0.3, -0.25) is 0 Å². The molecule has 2 aromatic heterocycles. The summed E-state index contributed by atoms with van der Waals surface area (Å²) in [5, 5.41) is -0.596. The summed E-state index contributed by atoms with van der Waals surface area (Å²) in [6.45, 7) is 1.42. The van der Waals surface area contributed by atoms with Crippen molar-refractivity contribution >= 4 is 21.3 Å². The lowest BCUT2D eigenvalue weighted by Gasteiger charge is -2.31. The van der Waals surface area contributed by atoms with E-state index in [1.807, 2.05) is 18.2 Å². The molecule has 202 valence electrons. The molecule has 38 heavy (non-hydrogen) atoms. The molecule has 0 amide bonds. The molecular weight excluding hydrogens is 517 g/mol. The van der Waals surface area contributed by atoms with Crippen LogP contribution in [-0.2, 0) is 29.0 Å². The van der Waals surface area contributed by atoms with E-state index in [1.54, 1.807) is 25.4 Å². The van der Waals surface area contributed by atoms with Gasteiger partial charge in [0.1, 0.15) is 5.82 Å². The molecule has 11 heteroatoms. The van der Waals surface area contributed by atoms with E-state index in [2.05, 4.69) is 14.9 Å². The van der Waals surface area contributed by atoms with Crippen molar-refractivity contribution in [3.63, 3.8) is 0 Å². The number of methoxy groups -OCH3 is 1. The van der Waals surface area contributed by atoms with E-state index in [0.717, 1.165) is 36.5 Å². The number of hydrogen-bond acceptors (Lipinski definition) is 7. The molecule has 2 aliphatic rings. The summed E-state index contributed by atoms with van der Waals surface area (Å²) in [6.07, 6.45) is 0.351. The van der Waals surface area contributed by atoms with E-state index < -0.39 is 26.8 Å². The van der Waals surface area contributed by atoms with Crippen molar-refractivity contribution in [1.29, 1.82) is 0 Å². The second kappa shape index (κ2) is 10.1. The molecule has 0 saturated heterocycles. The molecule has 5 rings (SSSR count). The first-order chi connectivity index (χ1) is 18.1. The lowest BCUT2D eigenvalue weighted by Crippen LogP contribution is -2.31. The second-order valence-electron chi connectivity index (χ2n) is 9.84. The van der Waals surface area contributed by atoms with Gasteiger partial charge in [0.2, 0.25) is 5.88 Å². The van der Waals surface area contributed by atoms with Crippen molar-refractivity contribution in [3.8, 4) is 5.88 Å². The van der Waals surface area contributed by atoms with Gasteiger partial charge in [-0.05, 0) is 85.5 Å². The van der Waals surface area contributed by atoms with E-state index in [4.69, 9.17) is 10.5 Å². The third kappa shape index (κ3) is 5.03. The Hall–Kier alpha value is -3.34. The third-order valence-electron chi connectivity index (χ3n) is 7.67. The van der Waals surface area contributed by atoms with Gasteiger partial charge in [0.15, 0.2) is 9.84 Å². The van der Waals surface area contributed by atoms with Crippen LogP contribution in [0.2, 0.25) is 0 Å². The number of nitrogens with two attached hydrogens (primary N) is 1. The highest BCUT2D eigenvalue weighted by Crippen LogP contribution is 2.41. The van der Waals surface area contributed by atoms with Gasteiger partial charge in [-0.15, -0.1) is 0 Å². The van der Waals surface area contributed by atoms with Gasteiger partial charge in [-0.2, -0.15) is 13.2 Å². The Morgan fingerprint density at radius 2 is 1.76 bits per heavy atom. The van der Waals surface area contributed by atoms with Crippen molar-refractivity contribution in [3.05, 3.63) is 71.0 Å². The number of halogens is 3. The first-order valence-electron chi connectivity index (χ1n) is 12.5. The highest BCUT2D eigenvalue weighted by Gasteiger charge is 2.36. The van der Waals surface area contributed by atoms with E-state index in [0.29, 0.717) is 43.7 Å². The maximum atomic E-state index is 13.4. The molecule has 1 aliphatic heterocycles. The van der Waals surface area contributed by atoms with Crippen LogP contribution >= 0.6 is 0 Å². The molecule has 0 bridgehead atoms. The summed E-state index contributed by atoms with van der Waals surface area (Å²) in [7, 11) is -1.99.